The van der Waals surface area contributed by atoms with Crippen LogP contribution in [-0.2, 0) is 4.79 Å². The van der Waals surface area contributed by atoms with Gasteiger partial charge in [0.15, 0.2) is 5.65 Å². The van der Waals surface area contributed by atoms with E-state index in [1.54, 1.807) is 6.07 Å². The molecule has 0 aliphatic heterocycles. The van der Waals surface area contributed by atoms with Gasteiger partial charge in [0.1, 0.15) is 10.7 Å². The number of fused-ring (bicyclic) bond motifs is 1. The molecule has 0 atom stereocenters. The second-order valence-corrected chi connectivity index (χ2v) is 6.69. The molecule has 0 saturated heterocycles. The summed E-state index contributed by atoms with van der Waals surface area (Å²) >= 11 is 6.04. The van der Waals surface area contributed by atoms with E-state index in [1.807, 2.05) is 6.07 Å². The molecule has 1 N–H and O–H groups in total. The van der Waals surface area contributed by atoms with E-state index in [0.717, 1.165) is 36.8 Å². The summed E-state index contributed by atoms with van der Waals surface area (Å²) < 4.78 is 2.05. The van der Waals surface area contributed by atoms with Crippen LogP contribution >= 0.6 is 11.6 Å². The summed E-state index contributed by atoms with van der Waals surface area (Å²) in [6.45, 7) is 4.24. The molecule has 1 aliphatic rings. The Hall–Kier alpha value is -1.62. The molecular weight excluding hydrogens is 312 g/mol. The Bertz CT molecular complexity index is 704. The van der Waals surface area contributed by atoms with E-state index in [0.29, 0.717) is 29.5 Å². The van der Waals surface area contributed by atoms with Gasteiger partial charge in [0.05, 0.1) is 0 Å². The average molecular weight is 335 g/mol. The number of nitrogens with one attached hydrogen (secondary N) is 1. The smallest absolute Gasteiger partial charge is 0.226 e. The van der Waals surface area contributed by atoms with Crippen molar-refractivity contribution in [2.45, 2.75) is 58.4 Å². The summed E-state index contributed by atoms with van der Waals surface area (Å²) in [4.78, 5) is 21.3. The summed E-state index contributed by atoms with van der Waals surface area (Å²) in [6.07, 6.45) is 5.95. The molecule has 2 aromatic rings. The van der Waals surface area contributed by atoms with E-state index in [4.69, 9.17) is 11.6 Å². The minimum absolute atomic E-state index is 0.0284. The highest BCUT2D eigenvalue weighted by Gasteiger charge is 2.26. The zero-order valence-corrected chi connectivity index (χ0v) is 14.4. The summed E-state index contributed by atoms with van der Waals surface area (Å²) in [7, 11) is 0. The molecule has 1 fully saturated rings. The Balaban J connectivity index is 1.89. The summed E-state index contributed by atoms with van der Waals surface area (Å²) in [5.41, 5.74) is 1.54. The molecule has 1 saturated carbocycles. The Morgan fingerprint density at radius 3 is 2.70 bits per heavy atom. The zero-order valence-electron chi connectivity index (χ0n) is 13.7. The first kappa shape index (κ1) is 16.2. The zero-order chi connectivity index (χ0) is 16.4. The van der Waals surface area contributed by atoms with Gasteiger partial charge in [0.2, 0.25) is 11.9 Å². The lowest BCUT2D eigenvalue weighted by atomic mass is 9.93. The van der Waals surface area contributed by atoms with Gasteiger partial charge >= 0.3 is 0 Å². The van der Waals surface area contributed by atoms with Crippen LogP contribution in [0.25, 0.3) is 11.2 Å². The van der Waals surface area contributed by atoms with Crippen molar-refractivity contribution < 1.29 is 4.79 Å². The fourth-order valence-electron chi connectivity index (χ4n) is 3.04. The largest absolute Gasteiger partial charge is 0.296 e. The number of halogens is 1. The SMILES string of the molecule is CCC(CC)CC(=O)Nc1nc2ccc(Cl)nc2n1C1CCC1. The number of nitrogens with zero attached hydrogens (tertiary/aromatic N) is 3. The molecule has 2 heterocycles. The number of carbonyl (C=O) groups is 1. The second-order valence-electron chi connectivity index (χ2n) is 6.30. The Morgan fingerprint density at radius 2 is 2.09 bits per heavy atom. The molecule has 1 aliphatic carbocycles. The quantitative estimate of drug-likeness (QED) is 0.787. The van der Waals surface area contributed by atoms with Crippen molar-refractivity contribution >= 4 is 34.6 Å². The molecule has 0 aromatic carbocycles. The van der Waals surface area contributed by atoms with Crippen molar-refractivity contribution in [2.75, 3.05) is 5.32 Å². The Kier molecular flexibility index (Phi) is 4.85. The van der Waals surface area contributed by atoms with Crippen molar-refractivity contribution in [3.63, 3.8) is 0 Å². The highest BCUT2D eigenvalue weighted by Crippen LogP contribution is 2.37. The third-order valence-electron chi connectivity index (χ3n) is 4.82. The molecule has 3 rings (SSSR count). The molecule has 1 amide bonds. The molecule has 124 valence electrons. The number of imidazole rings is 1. The molecule has 5 nitrogen and oxygen atoms in total. The number of hydrogen-bond donors (Lipinski definition) is 1. The van der Waals surface area contributed by atoms with Gasteiger partial charge in [-0.2, -0.15) is 0 Å². The van der Waals surface area contributed by atoms with Crippen LogP contribution in [-0.4, -0.2) is 20.4 Å². The number of pyridine rings is 1. The molecule has 23 heavy (non-hydrogen) atoms. The molecule has 0 spiro atoms. The first-order valence-corrected chi connectivity index (χ1v) is 8.84. The first-order valence-electron chi connectivity index (χ1n) is 8.46. The number of amides is 1. The van der Waals surface area contributed by atoms with Crippen molar-refractivity contribution in [3.8, 4) is 0 Å². The average Bonchev–Trinajstić information content (AvgIpc) is 2.81. The van der Waals surface area contributed by atoms with E-state index < -0.39 is 0 Å². The molecule has 0 bridgehead atoms. The number of anilines is 1. The van der Waals surface area contributed by atoms with Gasteiger partial charge in [-0.05, 0) is 37.3 Å². The van der Waals surface area contributed by atoms with Crippen LogP contribution in [0, 0.1) is 5.92 Å². The maximum absolute atomic E-state index is 12.4. The van der Waals surface area contributed by atoms with Crippen LogP contribution in [0.15, 0.2) is 12.1 Å². The van der Waals surface area contributed by atoms with Gasteiger partial charge in [0.25, 0.3) is 0 Å². The molecule has 0 radical (unpaired) electrons. The highest BCUT2D eigenvalue weighted by atomic mass is 35.5. The van der Waals surface area contributed by atoms with Crippen LogP contribution in [0.5, 0.6) is 0 Å². The third-order valence-corrected chi connectivity index (χ3v) is 5.03. The minimum atomic E-state index is 0.0284. The lowest BCUT2D eigenvalue weighted by Crippen LogP contribution is -2.23. The van der Waals surface area contributed by atoms with Crippen molar-refractivity contribution in [1.29, 1.82) is 0 Å². The first-order chi connectivity index (χ1) is 11.1. The van der Waals surface area contributed by atoms with Crippen molar-refractivity contribution in [1.82, 2.24) is 14.5 Å². The van der Waals surface area contributed by atoms with E-state index >= 15 is 0 Å². The van der Waals surface area contributed by atoms with Crippen LogP contribution < -0.4 is 5.32 Å². The minimum Gasteiger partial charge on any atom is -0.296 e. The van der Waals surface area contributed by atoms with E-state index in [2.05, 4.69) is 33.7 Å². The third kappa shape index (κ3) is 3.34. The monoisotopic (exact) mass is 334 g/mol. The normalized spacial score (nSPS) is 15.1. The predicted molar refractivity (Wildman–Crippen MR) is 92.7 cm³/mol. The lowest BCUT2D eigenvalue weighted by molar-refractivity contribution is -0.117. The Labute approximate surface area is 141 Å². The van der Waals surface area contributed by atoms with E-state index in [1.165, 1.54) is 6.42 Å². The number of rotatable bonds is 6. The van der Waals surface area contributed by atoms with E-state index in [-0.39, 0.29) is 5.91 Å². The molecule has 2 aromatic heterocycles. The van der Waals surface area contributed by atoms with Crippen LogP contribution in [0.4, 0.5) is 5.95 Å². The van der Waals surface area contributed by atoms with Crippen molar-refractivity contribution in [2.24, 2.45) is 5.92 Å². The summed E-state index contributed by atoms with van der Waals surface area (Å²) in [5, 5.41) is 3.45. The molecule has 6 heteroatoms. The fraction of sp³-hybridized carbons (Fsp3) is 0.588. The highest BCUT2D eigenvalue weighted by molar-refractivity contribution is 6.29. The van der Waals surface area contributed by atoms with Crippen LogP contribution in [0.2, 0.25) is 5.15 Å². The van der Waals surface area contributed by atoms with Crippen LogP contribution in [0.1, 0.15) is 58.4 Å². The van der Waals surface area contributed by atoms with Gasteiger partial charge < -0.3 is 0 Å². The van der Waals surface area contributed by atoms with Crippen LogP contribution in [0.3, 0.4) is 0 Å². The van der Waals surface area contributed by atoms with E-state index in [9.17, 15) is 4.79 Å². The van der Waals surface area contributed by atoms with Gasteiger partial charge in [-0.15, -0.1) is 0 Å². The number of hydrogen-bond acceptors (Lipinski definition) is 3. The van der Waals surface area contributed by atoms with Gasteiger partial charge in [-0.25, -0.2) is 9.97 Å². The maximum Gasteiger partial charge on any atom is 0.226 e. The number of carbonyl (C=O) groups excluding carboxylic acids is 1. The van der Waals surface area contributed by atoms with Gasteiger partial charge in [0, 0.05) is 12.5 Å². The topological polar surface area (TPSA) is 59.8 Å². The summed E-state index contributed by atoms with van der Waals surface area (Å²) in [6, 6.07) is 3.95. The fourth-order valence-corrected chi connectivity index (χ4v) is 3.19. The van der Waals surface area contributed by atoms with Crippen molar-refractivity contribution in [3.05, 3.63) is 17.3 Å². The molecular formula is C17H23ClN4O. The maximum atomic E-state index is 12.4. The lowest BCUT2D eigenvalue weighted by Gasteiger charge is -2.28. The predicted octanol–water partition coefficient (Wildman–Crippen LogP) is 4.57. The summed E-state index contributed by atoms with van der Waals surface area (Å²) in [5.74, 6) is 1.06. The number of aromatic nitrogens is 3. The van der Waals surface area contributed by atoms with Gasteiger partial charge in [-0.1, -0.05) is 38.3 Å². The molecule has 0 unspecified atom stereocenters. The standard InChI is InChI=1S/C17H23ClN4O/c1-3-11(4-2)10-15(23)21-17-19-13-8-9-14(18)20-16(13)22(17)12-6-5-7-12/h8-9,11-12H,3-7,10H2,1-2H3,(H,19,21,23). The van der Waals surface area contributed by atoms with Gasteiger partial charge in [-0.3, -0.25) is 14.7 Å². The second kappa shape index (κ2) is 6.87. The Morgan fingerprint density at radius 1 is 1.35 bits per heavy atom.